The number of nitrogens with one attached hydrogen (secondary N) is 1. The lowest BCUT2D eigenvalue weighted by Crippen LogP contribution is -2.32. The molecule has 0 spiro atoms. The van der Waals surface area contributed by atoms with Crippen LogP contribution in [0.25, 0.3) is 0 Å². The molecule has 1 N–H and O–H groups in total. The van der Waals surface area contributed by atoms with Crippen LogP contribution in [0, 0.1) is 6.92 Å². The van der Waals surface area contributed by atoms with E-state index in [1.54, 1.807) is 31.2 Å². The average Bonchev–Trinajstić information content (AvgIpc) is 2.43. The maximum Gasteiger partial charge on any atom is 0.232 e. The van der Waals surface area contributed by atoms with Gasteiger partial charge in [0, 0.05) is 24.5 Å². The van der Waals surface area contributed by atoms with E-state index in [9.17, 15) is 13.2 Å². The number of hydrogen-bond donors (Lipinski definition) is 1. The van der Waals surface area contributed by atoms with Gasteiger partial charge in [0.2, 0.25) is 15.9 Å². The second kappa shape index (κ2) is 8.19. The van der Waals surface area contributed by atoms with Crippen LogP contribution in [0.1, 0.15) is 18.4 Å². The van der Waals surface area contributed by atoms with Gasteiger partial charge in [-0.15, -0.1) is 6.58 Å². The van der Waals surface area contributed by atoms with Crippen molar-refractivity contribution in [1.29, 1.82) is 0 Å². The molecule has 1 amide bonds. The van der Waals surface area contributed by atoms with Crippen LogP contribution in [0.4, 0.5) is 5.69 Å². The van der Waals surface area contributed by atoms with Crippen LogP contribution in [0.15, 0.2) is 30.9 Å². The first-order chi connectivity index (χ1) is 10.3. The highest BCUT2D eigenvalue weighted by atomic mass is 35.5. The molecule has 0 saturated carbocycles. The van der Waals surface area contributed by atoms with Gasteiger partial charge in [-0.2, -0.15) is 0 Å². The number of rotatable bonds is 8. The fraction of sp³-hybridized carbons (Fsp3) is 0.400. The molecule has 0 aliphatic heterocycles. The lowest BCUT2D eigenvalue weighted by atomic mass is 10.2. The largest absolute Gasteiger partial charge is 0.353 e. The van der Waals surface area contributed by atoms with E-state index >= 15 is 0 Å². The van der Waals surface area contributed by atoms with Gasteiger partial charge in [0.1, 0.15) is 0 Å². The van der Waals surface area contributed by atoms with Gasteiger partial charge in [-0.3, -0.25) is 9.10 Å². The van der Waals surface area contributed by atoms with E-state index in [1.165, 1.54) is 4.31 Å². The summed E-state index contributed by atoms with van der Waals surface area (Å²) in [5.74, 6) is -0.129. The lowest BCUT2D eigenvalue weighted by molar-refractivity contribution is -0.120. The smallest absolute Gasteiger partial charge is 0.232 e. The van der Waals surface area contributed by atoms with Crippen molar-refractivity contribution >= 4 is 33.2 Å². The number of halogens is 1. The monoisotopic (exact) mass is 344 g/mol. The van der Waals surface area contributed by atoms with Crippen LogP contribution in [-0.2, 0) is 14.8 Å². The fourth-order valence-electron chi connectivity index (χ4n) is 1.99. The number of nitrogens with zero attached hydrogens (tertiary/aromatic N) is 1. The van der Waals surface area contributed by atoms with Gasteiger partial charge in [-0.25, -0.2) is 8.42 Å². The summed E-state index contributed by atoms with van der Waals surface area (Å²) in [5.41, 5.74) is 1.24. The number of amides is 1. The molecule has 122 valence electrons. The summed E-state index contributed by atoms with van der Waals surface area (Å²) in [6.45, 7) is 5.92. The number of sulfonamides is 1. The van der Waals surface area contributed by atoms with Gasteiger partial charge < -0.3 is 5.32 Å². The van der Waals surface area contributed by atoms with Crippen LogP contribution < -0.4 is 9.62 Å². The van der Waals surface area contributed by atoms with Crippen LogP contribution in [0.5, 0.6) is 0 Å². The first kappa shape index (κ1) is 18.5. The van der Waals surface area contributed by atoms with Crippen LogP contribution in [0.2, 0.25) is 5.02 Å². The fourth-order valence-corrected chi connectivity index (χ4v) is 3.17. The normalized spacial score (nSPS) is 11.0. The number of carbonyl (C=O) groups is 1. The molecule has 7 heteroatoms. The second-order valence-electron chi connectivity index (χ2n) is 4.92. The van der Waals surface area contributed by atoms with E-state index in [0.29, 0.717) is 29.2 Å². The van der Waals surface area contributed by atoms with Gasteiger partial charge in [-0.1, -0.05) is 23.7 Å². The molecule has 0 aromatic heterocycles. The van der Waals surface area contributed by atoms with Crippen molar-refractivity contribution in [1.82, 2.24) is 5.32 Å². The van der Waals surface area contributed by atoms with E-state index in [1.807, 2.05) is 0 Å². The van der Waals surface area contributed by atoms with Crippen LogP contribution >= 0.6 is 11.6 Å². The topological polar surface area (TPSA) is 66.5 Å². The minimum Gasteiger partial charge on any atom is -0.353 e. The summed E-state index contributed by atoms with van der Waals surface area (Å²) in [7, 11) is -3.45. The summed E-state index contributed by atoms with van der Waals surface area (Å²) in [6, 6.07) is 5.13. The molecule has 22 heavy (non-hydrogen) atoms. The molecular formula is C15H21ClN2O3S. The second-order valence-corrected chi connectivity index (χ2v) is 7.23. The molecule has 0 saturated heterocycles. The van der Waals surface area contributed by atoms with E-state index < -0.39 is 10.0 Å². The number of anilines is 1. The minimum absolute atomic E-state index is 0.129. The summed E-state index contributed by atoms with van der Waals surface area (Å²) in [6.07, 6.45) is 3.41. The summed E-state index contributed by atoms with van der Waals surface area (Å²) in [5, 5.41) is 3.17. The zero-order chi connectivity index (χ0) is 16.8. The van der Waals surface area contributed by atoms with Gasteiger partial charge in [-0.05, 0) is 31.0 Å². The van der Waals surface area contributed by atoms with Crippen molar-refractivity contribution in [3.63, 3.8) is 0 Å². The van der Waals surface area contributed by atoms with Crippen molar-refractivity contribution < 1.29 is 13.2 Å². The Labute approximate surface area is 137 Å². The van der Waals surface area contributed by atoms with Gasteiger partial charge in [0.05, 0.1) is 11.9 Å². The highest BCUT2D eigenvalue weighted by molar-refractivity contribution is 7.92. The van der Waals surface area contributed by atoms with E-state index in [0.717, 1.165) is 6.26 Å². The van der Waals surface area contributed by atoms with Crippen molar-refractivity contribution in [3.05, 3.63) is 41.4 Å². The third-order valence-electron chi connectivity index (χ3n) is 3.12. The van der Waals surface area contributed by atoms with E-state index in [4.69, 9.17) is 11.6 Å². The zero-order valence-electron chi connectivity index (χ0n) is 12.8. The minimum atomic E-state index is -3.45. The molecule has 0 radical (unpaired) electrons. The van der Waals surface area contributed by atoms with Gasteiger partial charge in [0.25, 0.3) is 0 Å². The lowest BCUT2D eigenvalue weighted by Gasteiger charge is -2.24. The molecule has 1 rings (SSSR count). The molecule has 0 atom stereocenters. The van der Waals surface area contributed by atoms with Gasteiger partial charge >= 0.3 is 0 Å². The van der Waals surface area contributed by atoms with Crippen LogP contribution in [-0.4, -0.2) is 33.7 Å². The van der Waals surface area contributed by atoms with E-state index in [2.05, 4.69) is 11.9 Å². The Morgan fingerprint density at radius 1 is 1.45 bits per heavy atom. The number of benzene rings is 1. The highest BCUT2D eigenvalue weighted by Gasteiger charge is 2.20. The van der Waals surface area contributed by atoms with Crippen molar-refractivity contribution in [2.75, 3.05) is 23.7 Å². The number of hydrogen-bond acceptors (Lipinski definition) is 3. The standard InChI is InChI=1S/C15H21ClN2O3S/c1-4-10-17-15(19)9-6-11-18(22(3,20)21)14-8-5-7-13(16)12(14)2/h4-5,7-8H,1,6,9-11H2,2-3H3,(H,17,19). The van der Waals surface area contributed by atoms with E-state index in [-0.39, 0.29) is 18.9 Å². The average molecular weight is 345 g/mol. The van der Waals surface area contributed by atoms with Crippen LogP contribution in [0.3, 0.4) is 0 Å². The first-order valence-corrected chi connectivity index (χ1v) is 9.10. The Morgan fingerprint density at radius 3 is 2.73 bits per heavy atom. The molecule has 1 aromatic carbocycles. The Morgan fingerprint density at radius 2 is 2.14 bits per heavy atom. The molecule has 0 unspecified atom stereocenters. The molecule has 0 aliphatic rings. The maximum absolute atomic E-state index is 12.0. The third kappa shape index (κ3) is 5.35. The summed E-state index contributed by atoms with van der Waals surface area (Å²) < 4.78 is 25.3. The number of carbonyl (C=O) groups excluding carboxylic acids is 1. The van der Waals surface area contributed by atoms with Crippen molar-refractivity contribution in [2.24, 2.45) is 0 Å². The Kier molecular flexibility index (Phi) is 6.90. The Hall–Kier alpha value is -1.53. The SMILES string of the molecule is C=CCNC(=O)CCCN(c1cccc(Cl)c1C)S(C)(=O)=O. The quantitative estimate of drug-likeness (QED) is 0.737. The Bertz CT molecular complexity index is 644. The predicted molar refractivity (Wildman–Crippen MR) is 90.8 cm³/mol. The van der Waals surface area contributed by atoms with Gasteiger partial charge in [0.15, 0.2) is 0 Å². The molecule has 5 nitrogen and oxygen atoms in total. The van der Waals surface area contributed by atoms with Crippen molar-refractivity contribution in [3.8, 4) is 0 Å². The zero-order valence-corrected chi connectivity index (χ0v) is 14.4. The molecule has 0 aliphatic carbocycles. The summed E-state index contributed by atoms with van der Waals surface area (Å²) >= 11 is 6.05. The maximum atomic E-state index is 12.0. The highest BCUT2D eigenvalue weighted by Crippen LogP contribution is 2.28. The molecule has 0 fully saturated rings. The molecule has 1 aromatic rings. The third-order valence-corrected chi connectivity index (χ3v) is 4.71. The first-order valence-electron chi connectivity index (χ1n) is 6.87. The molecular weight excluding hydrogens is 324 g/mol. The summed E-state index contributed by atoms with van der Waals surface area (Å²) in [4.78, 5) is 11.5. The Balaban J connectivity index is 2.82. The molecule has 0 bridgehead atoms. The predicted octanol–water partition coefficient (Wildman–Crippen LogP) is 2.50. The van der Waals surface area contributed by atoms with Crippen molar-refractivity contribution in [2.45, 2.75) is 19.8 Å². The molecule has 0 heterocycles.